The zero-order valence-electron chi connectivity index (χ0n) is 9.14. The molecule has 0 amide bonds. The van der Waals surface area contributed by atoms with Gasteiger partial charge in [0.2, 0.25) is 0 Å². The van der Waals surface area contributed by atoms with Crippen LogP contribution in [0.25, 0.3) is 0 Å². The summed E-state index contributed by atoms with van der Waals surface area (Å²) in [4.78, 5) is 11.5. The number of thiocyanates is 1. The third-order valence-corrected chi connectivity index (χ3v) is 3.32. The second-order valence-electron chi connectivity index (χ2n) is 3.11. The van der Waals surface area contributed by atoms with E-state index in [0.717, 1.165) is 21.8 Å². The molecule has 17 heavy (non-hydrogen) atoms. The second kappa shape index (κ2) is 7.15. The Morgan fingerprint density at radius 3 is 2.88 bits per heavy atom. The molecule has 1 aromatic rings. The van der Waals surface area contributed by atoms with E-state index < -0.39 is 5.97 Å². The molecule has 0 spiro atoms. The molecule has 0 unspecified atom stereocenters. The Labute approximate surface area is 113 Å². The Morgan fingerprint density at radius 2 is 2.29 bits per heavy atom. The minimum atomic E-state index is -0.413. The van der Waals surface area contributed by atoms with Crippen LogP contribution >= 0.6 is 27.7 Å². The minimum Gasteiger partial charge on any atom is -0.466 e. The monoisotopic (exact) mass is 311 g/mol. The number of carbonyl (C=O) groups excluding carboxylic acids is 1. The topological polar surface area (TPSA) is 50.1 Å². The summed E-state index contributed by atoms with van der Waals surface area (Å²) in [5, 5.41) is 11.9. The second-order valence-corrected chi connectivity index (χ2v) is 4.62. The molecule has 0 N–H and O–H groups in total. The number of methoxy groups -OCH3 is 1. The van der Waals surface area contributed by atoms with Crippen molar-refractivity contribution in [3.05, 3.63) is 45.3 Å². The molecule has 0 bridgehead atoms. The van der Waals surface area contributed by atoms with Crippen LogP contribution in [-0.4, -0.2) is 13.1 Å². The Hall–Kier alpha value is -1.25. The van der Waals surface area contributed by atoms with Gasteiger partial charge in [-0.25, -0.2) is 4.79 Å². The summed E-state index contributed by atoms with van der Waals surface area (Å²) in [5.41, 5.74) is 1.44. The molecular formula is C12H10BrNO2S. The number of nitriles is 1. The van der Waals surface area contributed by atoms with Gasteiger partial charge in [0, 0.05) is 16.5 Å². The summed E-state index contributed by atoms with van der Waals surface area (Å²) in [6, 6.07) is 7.62. The van der Waals surface area contributed by atoms with Crippen LogP contribution in [0, 0.1) is 10.7 Å². The molecule has 0 radical (unpaired) electrons. The van der Waals surface area contributed by atoms with Crippen molar-refractivity contribution >= 4 is 33.7 Å². The molecule has 1 aromatic carbocycles. The van der Waals surface area contributed by atoms with E-state index in [0.29, 0.717) is 12.0 Å². The van der Waals surface area contributed by atoms with E-state index in [4.69, 9.17) is 5.26 Å². The van der Waals surface area contributed by atoms with Crippen LogP contribution < -0.4 is 0 Å². The first-order valence-corrected chi connectivity index (χ1v) is 6.41. The zero-order chi connectivity index (χ0) is 12.7. The van der Waals surface area contributed by atoms with Gasteiger partial charge < -0.3 is 4.74 Å². The number of thioether (sulfide) groups is 1. The molecule has 0 saturated carbocycles. The largest absolute Gasteiger partial charge is 0.466 e. The van der Waals surface area contributed by atoms with Gasteiger partial charge in [0.15, 0.2) is 0 Å². The van der Waals surface area contributed by atoms with Crippen molar-refractivity contribution in [1.82, 2.24) is 0 Å². The molecule has 88 valence electrons. The van der Waals surface area contributed by atoms with Gasteiger partial charge in [-0.2, -0.15) is 5.26 Å². The highest BCUT2D eigenvalue weighted by Crippen LogP contribution is 2.21. The summed E-state index contributed by atoms with van der Waals surface area (Å²) >= 11 is 4.33. The van der Waals surface area contributed by atoms with Crippen molar-refractivity contribution in [2.45, 2.75) is 6.42 Å². The Bertz CT molecular complexity index is 480. The normalized spacial score (nSPS) is 10.8. The van der Waals surface area contributed by atoms with Gasteiger partial charge in [0.05, 0.1) is 7.11 Å². The lowest BCUT2D eigenvalue weighted by Crippen LogP contribution is -2.07. The fourth-order valence-corrected chi connectivity index (χ4v) is 2.04. The number of halogens is 1. The number of carbonyl (C=O) groups is 1. The predicted octanol–water partition coefficient (Wildman–Crippen LogP) is 3.26. The van der Waals surface area contributed by atoms with Gasteiger partial charge >= 0.3 is 5.97 Å². The lowest BCUT2D eigenvalue weighted by atomic mass is 10.1. The SMILES string of the molecule is COC(=O)/C(=C/SC#N)Cc1ccccc1Br. The average Bonchev–Trinajstić information content (AvgIpc) is 2.35. The van der Waals surface area contributed by atoms with E-state index in [2.05, 4.69) is 20.7 Å². The Balaban J connectivity index is 2.92. The highest BCUT2D eigenvalue weighted by Gasteiger charge is 2.12. The van der Waals surface area contributed by atoms with Crippen molar-refractivity contribution in [3.63, 3.8) is 0 Å². The van der Waals surface area contributed by atoms with Crippen LogP contribution in [0.1, 0.15) is 5.56 Å². The maximum absolute atomic E-state index is 11.5. The zero-order valence-corrected chi connectivity index (χ0v) is 11.5. The molecule has 1 rings (SSSR count). The van der Waals surface area contributed by atoms with Crippen molar-refractivity contribution in [2.75, 3.05) is 7.11 Å². The summed E-state index contributed by atoms with van der Waals surface area (Å²) in [6.07, 6.45) is 0.433. The van der Waals surface area contributed by atoms with E-state index in [-0.39, 0.29) is 0 Å². The first-order valence-electron chi connectivity index (χ1n) is 4.74. The van der Waals surface area contributed by atoms with E-state index in [1.165, 1.54) is 12.5 Å². The summed E-state index contributed by atoms with van der Waals surface area (Å²) in [6.45, 7) is 0. The number of ether oxygens (including phenoxy) is 1. The quantitative estimate of drug-likeness (QED) is 0.486. The van der Waals surface area contributed by atoms with E-state index >= 15 is 0 Å². The molecule has 0 saturated heterocycles. The van der Waals surface area contributed by atoms with Gasteiger partial charge in [0.25, 0.3) is 0 Å². The van der Waals surface area contributed by atoms with Crippen LogP contribution in [0.4, 0.5) is 0 Å². The van der Waals surface area contributed by atoms with Crippen LogP contribution in [0.5, 0.6) is 0 Å². The Kier molecular flexibility index (Phi) is 5.81. The number of rotatable bonds is 4. The number of hydrogen-bond acceptors (Lipinski definition) is 4. The van der Waals surface area contributed by atoms with Crippen LogP contribution in [0.3, 0.4) is 0 Å². The predicted molar refractivity (Wildman–Crippen MR) is 71.1 cm³/mol. The molecule has 5 heteroatoms. The maximum Gasteiger partial charge on any atom is 0.334 e. The minimum absolute atomic E-state index is 0.413. The standard InChI is InChI=1S/C12H10BrNO2S/c1-16-12(15)10(7-17-8-14)6-9-4-2-3-5-11(9)13/h2-5,7H,6H2,1H3/b10-7+. The average molecular weight is 312 g/mol. The molecule has 0 aliphatic heterocycles. The summed E-state index contributed by atoms with van der Waals surface area (Å²) in [5.74, 6) is -0.413. The number of esters is 1. The van der Waals surface area contributed by atoms with Gasteiger partial charge in [-0.3, -0.25) is 0 Å². The Morgan fingerprint density at radius 1 is 1.59 bits per heavy atom. The highest BCUT2D eigenvalue weighted by molar-refractivity contribution is 9.10. The van der Waals surface area contributed by atoms with Crippen molar-refractivity contribution in [3.8, 4) is 5.40 Å². The van der Waals surface area contributed by atoms with Crippen molar-refractivity contribution < 1.29 is 9.53 Å². The lowest BCUT2D eigenvalue weighted by Gasteiger charge is -2.06. The maximum atomic E-state index is 11.5. The number of benzene rings is 1. The van der Waals surface area contributed by atoms with E-state index in [1.807, 2.05) is 29.7 Å². The molecule has 3 nitrogen and oxygen atoms in total. The van der Waals surface area contributed by atoms with Crippen molar-refractivity contribution in [2.24, 2.45) is 0 Å². The molecule has 0 atom stereocenters. The number of hydrogen-bond donors (Lipinski definition) is 0. The molecule has 0 aliphatic rings. The molecule has 0 fully saturated rings. The van der Waals surface area contributed by atoms with Gasteiger partial charge in [0.1, 0.15) is 5.40 Å². The third kappa shape index (κ3) is 4.25. The third-order valence-electron chi connectivity index (χ3n) is 2.04. The van der Waals surface area contributed by atoms with Crippen LogP contribution in [-0.2, 0) is 16.0 Å². The smallest absolute Gasteiger partial charge is 0.334 e. The fraction of sp³-hybridized carbons (Fsp3) is 0.167. The molecular weight excluding hydrogens is 302 g/mol. The van der Waals surface area contributed by atoms with Gasteiger partial charge in [-0.05, 0) is 28.8 Å². The molecule has 0 heterocycles. The molecule has 0 aliphatic carbocycles. The summed E-state index contributed by atoms with van der Waals surface area (Å²) < 4.78 is 5.60. The lowest BCUT2D eigenvalue weighted by molar-refractivity contribution is -0.136. The van der Waals surface area contributed by atoms with E-state index in [1.54, 1.807) is 0 Å². The highest BCUT2D eigenvalue weighted by atomic mass is 79.9. The first kappa shape index (κ1) is 13.8. The van der Waals surface area contributed by atoms with Crippen LogP contribution in [0.15, 0.2) is 39.7 Å². The van der Waals surface area contributed by atoms with Gasteiger partial charge in [-0.15, -0.1) is 0 Å². The number of nitrogens with zero attached hydrogens (tertiary/aromatic N) is 1. The van der Waals surface area contributed by atoms with Crippen LogP contribution in [0.2, 0.25) is 0 Å². The van der Waals surface area contributed by atoms with Crippen molar-refractivity contribution in [1.29, 1.82) is 5.26 Å². The van der Waals surface area contributed by atoms with E-state index in [9.17, 15) is 4.79 Å². The first-order chi connectivity index (χ1) is 8.19. The fourth-order valence-electron chi connectivity index (χ4n) is 1.24. The molecule has 0 aromatic heterocycles. The summed E-state index contributed by atoms with van der Waals surface area (Å²) in [7, 11) is 1.33. The van der Waals surface area contributed by atoms with Gasteiger partial charge in [-0.1, -0.05) is 34.1 Å².